The van der Waals surface area contributed by atoms with Crippen molar-refractivity contribution in [3.63, 3.8) is 0 Å². The molecule has 0 spiro atoms. The molecule has 0 saturated carbocycles. The first-order chi connectivity index (χ1) is 9.38. The van der Waals surface area contributed by atoms with Crippen LogP contribution in [-0.4, -0.2) is 33.6 Å². The highest BCUT2D eigenvalue weighted by Gasteiger charge is 2.44. The van der Waals surface area contributed by atoms with Gasteiger partial charge in [-0.15, -0.1) is 0 Å². The molecule has 110 valence electrons. The van der Waals surface area contributed by atoms with Crippen LogP contribution in [0, 0.1) is 11.2 Å². The smallest absolute Gasteiger partial charge is 0.326 e. The molecule has 1 aliphatic rings. The Morgan fingerprint density at radius 2 is 2.25 bits per heavy atom. The van der Waals surface area contributed by atoms with Crippen LogP contribution in [0.25, 0.3) is 0 Å². The van der Waals surface area contributed by atoms with Crippen molar-refractivity contribution >= 4 is 11.8 Å². The first-order valence-electron chi connectivity index (χ1n) is 6.87. The van der Waals surface area contributed by atoms with Crippen LogP contribution in [0.2, 0.25) is 0 Å². The molecule has 0 bridgehead atoms. The summed E-state index contributed by atoms with van der Waals surface area (Å²) in [5.41, 5.74) is -0.101. The average molecular weight is 281 g/mol. The van der Waals surface area contributed by atoms with Crippen LogP contribution in [0.5, 0.6) is 0 Å². The van der Waals surface area contributed by atoms with Crippen LogP contribution in [-0.2, 0) is 11.2 Å². The van der Waals surface area contributed by atoms with Gasteiger partial charge in [0.25, 0.3) is 0 Å². The second-order valence-electron chi connectivity index (χ2n) is 5.84. The fraction of sp³-hybridized carbons (Fsp3) is 0.643. The van der Waals surface area contributed by atoms with Gasteiger partial charge in [-0.2, -0.15) is 0 Å². The van der Waals surface area contributed by atoms with Gasteiger partial charge in [0.05, 0.1) is 5.69 Å². The maximum Gasteiger partial charge on any atom is 0.326 e. The maximum atomic E-state index is 14.4. The van der Waals surface area contributed by atoms with Crippen LogP contribution >= 0.6 is 0 Å². The van der Waals surface area contributed by atoms with E-state index in [0.717, 1.165) is 12.8 Å². The van der Waals surface area contributed by atoms with E-state index in [9.17, 15) is 14.3 Å². The molecule has 5 nitrogen and oxygen atoms in total. The predicted octanol–water partition coefficient (Wildman–Crippen LogP) is 2.26. The highest BCUT2D eigenvalue weighted by atomic mass is 19.1. The van der Waals surface area contributed by atoms with E-state index in [0.29, 0.717) is 18.7 Å². The lowest BCUT2D eigenvalue weighted by molar-refractivity contribution is -0.142. The lowest BCUT2D eigenvalue weighted by Gasteiger charge is -2.44. The number of piperidine rings is 1. The van der Waals surface area contributed by atoms with Gasteiger partial charge in [0.2, 0.25) is 0 Å². The summed E-state index contributed by atoms with van der Waals surface area (Å²) < 4.78 is 14.4. The summed E-state index contributed by atoms with van der Waals surface area (Å²) in [7, 11) is 0. The molecule has 2 rings (SSSR count). The largest absolute Gasteiger partial charge is 0.480 e. The summed E-state index contributed by atoms with van der Waals surface area (Å²) in [6.45, 7) is 6.11. The van der Waals surface area contributed by atoms with Gasteiger partial charge < -0.3 is 10.0 Å². The van der Waals surface area contributed by atoms with Gasteiger partial charge in [0.15, 0.2) is 11.6 Å². The highest BCUT2D eigenvalue weighted by Crippen LogP contribution is 2.38. The average Bonchev–Trinajstić information content (AvgIpc) is 2.37. The summed E-state index contributed by atoms with van der Waals surface area (Å²) in [6.07, 6.45) is 3.38. The Labute approximate surface area is 117 Å². The first kappa shape index (κ1) is 14.7. The molecule has 1 aromatic heterocycles. The number of halogens is 1. The third-order valence-electron chi connectivity index (χ3n) is 3.96. The van der Waals surface area contributed by atoms with Gasteiger partial charge in [-0.3, -0.25) is 0 Å². The molecule has 6 heteroatoms. The number of hydrogen-bond acceptors (Lipinski definition) is 4. The van der Waals surface area contributed by atoms with E-state index in [2.05, 4.69) is 9.97 Å². The van der Waals surface area contributed by atoms with Gasteiger partial charge in [-0.1, -0.05) is 20.8 Å². The fourth-order valence-corrected chi connectivity index (χ4v) is 2.93. The number of carbonyl (C=O) groups is 1. The second-order valence-corrected chi connectivity index (χ2v) is 5.84. The van der Waals surface area contributed by atoms with Gasteiger partial charge in [0, 0.05) is 6.54 Å². The molecule has 0 aliphatic carbocycles. The summed E-state index contributed by atoms with van der Waals surface area (Å²) in [5, 5.41) is 9.52. The van der Waals surface area contributed by atoms with E-state index in [-0.39, 0.29) is 5.82 Å². The van der Waals surface area contributed by atoms with Gasteiger partial charge in [-0.05, 0) is 24.7 Å². The third kappa shape index (κ3) is 2.46. The van der Waals surface area contributed by atoms with E-state index >= 15 is 0 Å². The standard InChI is InChI=1S/C14H20FN3O2/c1-4-9-10(15)12(17-8-16-9)18-7-5-6-14(2,3)11(18)13(19)20/h8,11H,4-7H2,1-3H3,(H,19,20). The number of rotatable bonds is 3. The molecule has 1 aromatic rings. The Bertz CT molecular complexity index is 519. The van der Waals surface area contributed by atoms with Crippen LogP contribution in [0.15, 0.2) is 6.33 Å². The molecule has 1 saturated heterocycles. The van der Waals surface area contributed by atoms with Crippen molar-refractivity contribution in [3.05, 3.63) is 17.8 Å². The van der Waals surface area contributed by atoms with Crippen molar-refractivity contribution in [3.8, 4) is 0 Å². The quantitative estimate of drug-likeness (QED) is 0.920. The molecule has 1 atom stereocenters. The number of aromatic nitrogens is 2. The lowest BCUT2D eigenvalue weighted by Crippen LogP contribution is -2.55. The summed E-state index contributed by atoms with van der Waals surface area (Å²) in [4.78, 5) is 21.1. The van der Waals surface area contributed by atoms with E-state index in [1.807, 2.05) is 20.8 Å². The Morgan fingerprint density at radius 3 is 2.85 bits per heavy atom. The zero-order chi connectivity index (χ0) is 14.9. The van der Waals surface area contributed by atoms with Crippen LogP contribution < -0.4 is 4.90 Å². The number of hydrogen-bond donors (Lipinski definition) is 1. The van der Waals surface area contributed by atoms with E-state index in [4.69, 9.17) is 0 Å². The van der Waals surface area contributed by atoms with E-state index in [1.165, 1.54) is 6.33 Å². The minimum atomic E-state index is -0.939. The Hall–Kier alpha value is -1.72. The van der Waals surface area contributed by atoms with Crippen LogP contribution in [0.4, 0.5) is 10.2 Å². The minimum Gasteiger partial charge on any atom is -0.480 e. The maximum absolute atomic E-state index is 14.4. The Morgan fingerprint density at radius 1 is 1.55 bits per heavy atom. The second kappa shape index (κ2) is 5.34. The zero-order valence-electron chi connectivity index (χ0n) is 12.1. The van der Waals surface area contributed by atoms with Gasteiger partial charge in [-0.25, -0.2) is 19.2 Å². The molecule has 2 heterocycles. The third-order valence-corrected chi connectivity index (χ3v) is 3.96. The number of aryl methyl sites for hydroxylation is 1. The topological polar surface area (TPSA) is 66.3 Å². The minimum absolute atomic E-state index is 0.108. The molecular formula is C14H20FN3O2. The Balaban J connectivity index is 2.47. The summed E-state index contributed by atoms with van der Waals surface area (Å²) in [6, 6.07) is -0.773. The predicted molar refractivity (Wildman–Crippen MR) is 73.2 cm³/mol. The van der Waals surface area contributed by atoms with E-state index in [1.54, 1.807) is 4.90 Å². The Kier molecular flexibility index (Phi) is 3.92. The fourth-order valence-electron chi connectivity index (χ4n) is 2.93. The molecule has 0 aromatic carbocycles. The van der Waals surface area contributed by atoms with Crippen molar-refractivity contribution in [1.82, 2.24) is 9.97 Å². The number of nitrogens with zero attached hydrogens (tertiary/aromatic N) is 3. The molecule has 0 amide bonds. The summed E-state index contributed by atoms with van der Waals surface area (Å²) >= 11 is 0. The van der Waals surface area contributed by atoms with Crippen molar-refractivity contribution < 1.29 is 14.3 Å². The highest BCUT2D eigenvalue weighted by molar-refractivity contribution is 5.79. The number of aliphatic carboxylic acids is 1. The van der Waals surface area contributed by atoms with Crippen LogP contribution in [0.1, 0.15) is 39.3 Å². The summed E-state index contributed by atoms with van der Waals surface area (Å²) in [5.74, 6) is -1.33. The molecule has 1 unspecified atom stereocenters. The molecule has 1 N–H and O–H groups in total. The number of carboxylic acids is 1. The molecule has 0 radical (unpaired) electrons. The zero-order valence-corrected chi connectivity index (χ0v) is 12.1. The number of carboxylic acid groups (broad SMARTS) is 1. The van der Waals surface area contributed by atoms with Crippen molar-refractivity contribution in [1.29, 1.82) is 0 Å². The normalized spacial score (nSPS) is 21.8. The van der Waals surface area contributed by atoms with Gasteiger partial charge in [0.1, 0.15) is 12.4 Å². The molecule has 1 aliphatic heterocycles. The molecule has 1 fully saturated rings. The molecular weight excluding hydrogens is 261 g/mol. The molecule has 20 heavy (non-hydrogen) atoms. The SMILES string of the molecule is CCc1ncnc(N2CCCC(C)(C)C2C(=O)O)c1F. The van der Waals surface area contributed by atoms with Crippen molar-refractivity contribution in [2.45, 2.75) is 46.1 Å². The van der Waals surface area contributed by atoms with Crippen molar-refractivity contribution in [2.24, 2.45) is 5.41 Å². The monoisotopic (exact) mass is 281 g/mol. The first-order valence-corrected chi connectivity index (χ1v) is 6.87. The number of anilines is 1. The van der Waals surface area contributed by atoms with E-state index < -0.39 is 23.2 Å². The van der Waals surface area contributed by atoms with Gasteiger partial charge >= 0.3 is 5.97 Å². The lowest BCUT2D eigenvalue weighted by atomic mass is 9.76. The van der Waals surface area contributed by atoms with Crippen LogP contribution in [0.3, 0.4) is 0 Å². The van der Waals surface area contributed by atoms with Crippen molar-refractivity contribution in [2.75, 3.05) is 11.4 Å².